The zero-order chi connectivity index (χ0) is 15.3. The summed E-state index contributed by atoms with van der Waals surface area (Å²) in [6.45, 7) is 1.36. The molecule has 0 spiro atoms. The van der Waals surface area contributed by atoms with Crippen molar-refractivity contribution in [3.05, 3.63) is 0 Å². The van der Waals surface area contributed by atoms with Gasteiger partial charge in [-0.05, 0) is 25.7 Å². The summed E-state index contributed by atoms with van der Waals surface area (Å²) in [4.78, 5) is 14.7. The summed E-state index contributed by atoms with van der Waals surface area (Å²) in [6, 6.07) is 0. The molecule has 0 bridgehead atoms. The summed E-state index contributed by atoms with van der Waals surface area (Å²) < 4.78 is 5.60. The lowest BCUT2D eigenvalue weighted by Gasteiger charge is -2.34. The van der Waals surface area contributed by atoms with Crippen LogP contribution < -0.4 is 5.73 Å². The Morgan fingerprint density at radius 3 is 2.52 bits per heavy atom. The van der Waals surface area contributed by atoms with Gasteiger partial charge in [0.25, 0.3) is 0 Å². The van der Waals surface area contributed by atoms with Gasteiger partial charge in [-0.2, -0.15) is 0 Å². The average molecular weight is 297 g/mol. The van der Waals surface area contributed by atoms with Crippen LogP contribution in [-0.4, -0.2) is 48.2 Å². The quantitative estimate of drug-likeness (QED) is 0.272. The molecule has 1 atom stereocenters. The van der Waals surface area contributed by atoms with Gasteiger partial charge in [-0.25, -0.2) is 0 Å². The molecule has 0 aromatic heterocycles. The van der Waals surface area contributed by atoms with Gasteiger partial charge in [0, 0.05) is 20.2 Å². The molecule has 1 amide bonds. The zero-order valence-corrected chi connectivity index (χ0v) is 12.9. The lowest BCUT2D eigenvalue weighted by molar-refractivity contribution is -0.139. The highest BCUT2D eigenvalue weighted by molar-refractivity contribution is 6.06. The molecule has 1 aliphatic carbocycles. The number of amides is 1. The minimum Gasteiger partial charge on any atom is -0.409 e. The van der Waals surface area contributed by atoms with Gasteiger partial charge in [0.05, 0.1) is 6.10 Å². The Hall–Kier alpha value is -1.30. The van der Waals surface area contributed by atoms with Crippen LogP contribution in [0.1, 0.15) is 51.4 Å². The summed E-state index contributed by atoms with van der Waals surface area (Å²) in [6.07, 6.45) is 7.58. The first-order valence-corrected chi connectivity index (χ1v) is 7.95. The van der Waals surface area contributed by atoms with Crippen LogP contribution in [0, 0.1) is 5.41 Å². The van der Waals surface area contributed by atoms with Crippen molar-refractivity contribution in [2.24, 2.45) is 16.3 Å². The minimum absolute atomic E-state index is 0.0322. The number of nitrogens with two attached hydrogens (primary N) is 1. The molecule has 1 saturated heterocycles. The van der Waals surface area contributed by atoms with Crippen LogP contribution >= 0.6 is 0 Å². The molecule has 2 fully saturated rings. The van der Waals surface area contributed by atoms with Crippen molar-refractivity contribution in [3.63, 3.8) is 0 Å². The van der Waals surface area contributed by atoms with Crippen molar-refractivity contribution < 1.29 is 14.7 Å². The van der Waals surface area contributed by atoms with Crippen molar-refractivity contribution in [1.29, 1.82) is 0 Å². The van der Waals surface area contributed by atoms with Crippen LogP contribution in [0.2, 0.25) is 0 Å². The standard InChI is InChI=1S/C15H27N3O3/c1-18(11-12-7-6-10-21-12)14(19)15(13(16)17-20)8-4-2-3-5-9-15/h12,20H,2-11H2,1H3,(H2,16,17). The van der Waals surface area contributed by atoms with Gasteiger partial charge in [-0.1, -0.05) is 30.8 Å². The van der Waals surface area contributed by atoms with Crippen molar-refractivity contribution in [2.75, 3.05) is 20.2 Å². The van der Waals surface area contributed by atoms with Gasteiger partial charge >= 0.3 is 0 Å². The molecule has 21 heavy (non-hydrogen) atoms. The molecule has 0 aromatic carbocycles. The molecule has 0 aromatic rings. The van der Waals surface area contributed by atoms with E-state index < -0.39 is 5.41 Å². The van der Waals surface area contributed by atoms with E-state index in [1.165, 1.54) is 0 Å². The first kappa shape index (κ1) is 16.1. The van der Waals surface area contributed by atoms with E-state index in [0.717, 1.165) is 45.1 Å². The summed E-state index contributed by atoms with van der Waals surface area (Å²) in [5.74, 6) is 0.0313. The molecule has 1 saturated carbocycles. The number of ether oxygens (including phenoxy) is 1. The van der Waals surface area contributed by atoms with E-state index in [1.807, 2.05) is 0 Å². The van der Waals surface area contributed by atoms with E-state index >= 15 is 0 Å². The van der Waals surface area contributed by atoms with Crippen molar-refractivity contribution in [2.45, 2.75) is 57.5 Å². The number of rotatable bonds is 4. The van der Waals surface area contributed by atoms with E-state index in [4.69, 9.17) is 15.7 Å². The monoisotopic (exact) mass is 297 g/mol. The average Bonchev–Trinajstić information content (AvgIpc) is 2.87. The van der Waals surface area contributed by atoms with Gasteiger partial charge in [-0.15, -0.1) is 0 Å². The van der Waals surface area contributed by atoms with Gasteiger partial charge in [0.2, 0.25) is 5.91 Å². The number of likely N-dealkylation sites (N-methyl/N-ethyl adjacent to an activating group) is 1. The first-order chi connectivity index (χ1) is 10.1. The minimum atomic E-state index is -0.835. The van der Waals surface area contributed by atoms with E-state index in [1.54, 1.807) is 11.9 Å². The zero-order valence-electron chi connectivity index (χ0n) is 12.9. The first-order valence-electron chi connectivity index (χ1n) is 7.95. The third-order valence-corrected chi connectivity index (χ3v) is 4.81. The lowest BCUT2D eigenvalue weighted by atomic mass is 9.77. The Balaban J connectivity index is 2.12. The number of carbonyl (C=O) groups excluding carboxylic acids is 1. The fourth-order valence-electron chi connectivity index (χ4n) is 3.55. The number of carbonyl (C=O) groups is 1. The second-order valence-corrected chi connectivity index (χ2v) is 6.30. The second kappa shape index (κ2) is 7.11. The van der Waals surface area contributed by atoms with Crippen LogP contribution in [0.3, 0.4) is 0 Å². The Labute approximate surface area is 126 Å². The molecule has 1 aliphatic heterocycles. The van der Waals surface area contributed by atoms with Crippen LogP contribution in [0.15, 0.2) is 5.16 Å². The van der Waals surface area contributed by atoms with Crippen LogP contribution in [0.25, 0.3) is 0 Å². The van der Waals surface area contributed by atoms with Gasteiger partial charge in [-0.3, -0.25) is 4.79 Å². The highest BCUT2D eigenvalue weighted by atomic mass is 16.5. The molecule has 120 valence electrons. The molecular formula is C15H27N3O3. The molecule has 0 radical (unpaired) electrons. The van der Waals surface area contributed by atoms with E-state index in [-0.39, 0.29) is 17.8 Å². The van der Waals surface area contributed by atoms with Crippen LogP contribution in [-0.2, 0) is 9.53 Å². The normalized spacial score (nSPS) is 26.3. The number of nitrogens with zero attached hydrogens (tertiary/aromatic N) is 2. The van der Waals surface area contributed by atoms with E-state index in [2.05, 4.69) is 5.16 Å². The predicted molar refractivity (Wildman–Crippen MR) is 80.2 cm³/mol. The fourth-order valence-corrected chi connectivity index (χ4v) is 3.55. The Morgan fingerprint density at radius 2 is 2.00 bits per heavy atom. The summed E-state index contributed by atoms with van der Waals surface area (Å²) >= 11 is 0. The van der Waals surface area contributed by atoms with E-state index in [0.29, 0.717) is 19.4 Å². The molecule has 6 nitrogen and oxygen atoms in total. The molecule has 6 heteroatoms. The van der Waals surface area contributed by atoms with Crippen molar-refractivity contribution >= 4 is 11.7 Å². The maximum absolute atomic E-state index is 13.0. The topological polar surface area (TPSA) is 88.2 Å². The fraction of sp³-hybridized carbons (Fsp3) is 0.867. The molecular weight excluding hydrogens is 270 g/mol. The molecule has 3 N–H and O–H groups in total. The third kappa shape index (κ3) is 3.48. The highest BCUT2D eigenvalue weighted by Crippen LogP contribution is 2.37. The Bertz CT molecular complexity index is 384. The van der Waals surface area contributed by atoms with Crippen molar-refractivity contribution in [1.82, 2.24) is 4.90 Å². The Kier molecular flexibility index (Phi) is 5.45. The van der Waals surface area contributed by atoms with Gasteiger partial charge in [0.15, 0.2) is 5.84 Å². The maximum Gasteiger partial charge on any atom is 0.236 e. The molecule has 1 unspecified atom stereocenters. The van der Waals surface area contributed by atoms with Crippen LogP contribution in [0.4, 0.5) is 0 Å². The van der Waals surface area contributed by atoms with Crippen molar-refractivity contribution in [3.8, 4) is 0 Å². The maximum atomic E-state index is 13.0. The SMILES string of the molecule is CN(CC1CCCO1)C(=O)C1(C(N)=NO)CCCCCC1. The van der Waals surface area contributed by atoms with E-state index in [9.17, 15) is 4.79 Å². The number of hydrogen-bond donors (Lipinski definition) is 2. The molecule has 2 rings (SSSR count). The lowest BCUT2D eigenvalue weighted by Crippen LogP contribution is -2.51. The predicted octanol–water partition coefficient (Wildman–Crippen LogP) is 1.71. The van der Waals surface area contributed by atoms with Gasteiger partial charge < -0.3 is 20.6 Å². The largest absolute Gasteiger partial charge is 0.409 e. The number of hydrogen-bond acceptors (Lipinski definition) is 4. The Morgan fingerprint density at radius 1 is 1.33 bits per heavy atom. The summed E-state index contributed by atoms with van der Waals surface area (Å²) in [5, 5.41) is 12.3. The smallest absolute Gasteiger partial charge is 0.236 e. The van der Waals surface area contributed by atoms with Crippen LogP contribution in [0.5, 0.6) is 0 Å². The number of oxime groups is 1. The summed E-state index contributed by atoms with van der Waals surface area (Å²) in [7, 11) is 1.79. The molecule has 1 heterocycles. The summed E-state index contributed by atoms with van der Waals surface area (Å²) in [5.41, 5.74) is 5.09. The van der Waals surface area contributed by atoms with Gasteiger partial charge in [0.1, 0.15) is 5.41 Å². The highest BCUT2D eigenvalue weighted by Gasteiger charge is 2.45. The second-order valence-electron chi connectivity index (χ2n) is 6.30. The third-order valence-electron chi connectivity index (χ3n) is 4.81. The number of amidine groups is 1. The molecule has 2 aliphatic rings.